The highest BCUT2D eigenvalue weighted by molar-refractivity contribution is 4.89. The first kappa shape index (κ1) is 12.3. The Hall–Kier alpha value is -0.120. The predicted molar refractivity (Wildman–Crippen MR) is 66.7 cm³/mol. The van der Waals surface area contributed by atoms with Crippen LogP contribution in [0.3, 0.4) is 0 Å². The second-order valence-electron chi connectivity index (χ2n) is 5.39. The average molecular weight is 226 g/mol. The fourth-order valence-electron chi connectivity index (χ4n) is 2.65. The maximum Gasteiger partial charge on any atom is 0.0476 e. The van der Waals surface area contributed by atoms with Gasteiger partial charge in [-0.3, -0.25) is 0 Å². The van der Waals surface area contributed by atoms with E-state index in [1.165, 1.54) is 38.8 Å². The summed E-state index contributed by atoms with van der Waals surface area (Å²) < 4.78 is 5.11. The number of methoxy groups -OCH3 is 1. The summed E-state index contributed by atoms with van der Waals surface area (Å²) in [5.74, 6) is 0. The van der Waals surface area contributed by atoms with Gasteiger partial charge in [-0.25, -0.2) is 0 Å². The minimum absolute atomic E-state index is 0.595. The van der Waals surface area contributed by atoms with Gasteiger partial charge in [0.05, 0.1) is 0 Å². The van der Waals surface area contributed by atoms with Crippen molar-refractivity contribution in [3.8, 4) is 0 Å². The quantitative estimate of drug-likeness (QED) is 0.745. The van der Waals surface area contributed by atoms with Crippen molar-refractivity contribution in [3.05, 3.63) is 0 Å². The van der Waals surface area contributed by atoms with Crippen LogP contribution in [0.2, 0.25) is 0 Å². The van der Waals surface area contributed by atoms with Gasteiger partial charge in [0, 0.05) is 31.8 Å². The lowest BCUT2D eigenvalue weighted by molar-refractivity contribution is 0.164. The third-order valence-corrected chi connectivity index (χ3v) is 3.87. The van der Waals surface area contributed by atoms with Gasteiger partial charge in [0.1, 0.15) is 0 Å². The Balaban J connectivity index is 1.60. The Labute approximate surface area is 99.5 Å². The van der Waals surface area contributed by atoms with E-state index in [4.69, 9.17) is 4.74 Å². The fourth-order valence-corrected chi connectivity index (χ4v) is 2.65. The number of ether oxygens (including phenoxy) is 1. The molecule has 1 saturated carbocycles. The van der Waals surface area contributed by atoms with Gasteiger partial charge in [-0.1, -0.05) is 0 Å². The van der Waals surface area contributed by atoms with Crippen LogP contribution in [0.5, 0.6) is 0 Å². The summed E-state index contributed by atoms with van der Waals surface area (Å²) >= 11 is 0. The Morgan fingerprint density at radius 1 is 1.25 bits per heavy atom. The largest absolute Gasteiger partial charge is 0.385 e. The van der Waals surface area contributed by atoms with Crippen LogP contribution < -0.4 is 5.32 Å². The molecule has 1 N–H and O–H groups in total. The third kappa shape index (κ3) is 3.72. The standard InChI is InChI=1S/C13H26N2O/c1-11(7-10-16-2)14-12-5-8-15(9-6-12)13-3-4-13/h11-14H,3-10H2,1-2H3. The molecule has 16 heavy (non-hydrogen) atoms. The van der Waals surface area contributed by atoms with E-state index in [-0.39, 0.29) is 0 Å². The van der Waals surface area contributed by atoms with Crippen molar-refractivity contribution in [1.82, 2.24) is 10.2 Å². The first-order valence-electron chi connectivity index (χ1n) is 6.78. The van der Waals surface area contributed by atoms with Gasteiger partial charge in [-0.2, -0.15) is 0 Å². The Morgan fingerprint density at radius 2 is 1.94 bits per heavy atom. The molecule has 0 bridgehead atoms. The number of hydrogen-bond donors (Lipinski definition) is 1. The summed E-state index contributed by atoms with van der Waals surface area (Å²) in [6.07, 6.45) is 6.67. The number of likely N-dealkylation sites (tertiary alicyclic amines) is 1. The highest BCUT2D eigenvalue weighted by atomic mass is 16.5. The SMILES string of the molecule is COCCC(C)NC1CCN(C2CC2)CC1. The van der Waals surface area contributed by atoms with Crippen LogP contribution in [-0.2, 0) is 4.74 Å². The van der Waals surface area contributed by atoms with E-state index in [1.807, 2.05) is 0 Å². The van der Waals surface area contributed by atoms with E-state index in [9.17, 15) is 0 Å². The van der Waals surface area contributed by atoms with Gasteiger partial charge in [0.25, 0.3) is 0 Å². The molecule has 0 aromatic rings. The van der Waals surface area contributed by atoms with Gasteiger partial charge < -0.3 is 15.0 Å². The van der Waals surface area contributed by atoms with Crippen LogP contribution >= 0.6 is 0 Å². The molecular formula is C13H26N2O. The molecule has 3 heteroatoms. The van der Waals surface area contributed by atoms with Crippen molar-refractivity contribution in [3.63, 3.8) is 0 Å². The molecule has 2 aliphatic rings. The van der Waals surface area contributed by atoms with Crippen molar-refractivity contribution >= 4 is 0 Å². The molecule has 1 unspecified atom stereocenters. The lowest BCUT2D eigenvalue weighted by atomic mass is 10.0. The molecule has 0 radical (unpaired) electrons. The fraction of sp³-hybridized carbons (Fsp3) is 1.00. The molecule has 3 nitrogen and oxygen atoms in total. The molecule has 1 aliphatic heterocycles. The zero-order valence-electron chi connectivity index (χ0n) is 10.7. The molecule has 0 amide bonds. The van der Waals surface area contributed by atoms with Crippen molar-refractivity contribution < 1.29 is 4.74 Å². The van der Waals surface area contributed by atoms with E-state index in [0.29, 0.717) is 6.04 Å². The molecule has 0 aromatic carbocycles. The maximum absolute atomic E-state index is 5.11. The van der Waals surface area contributed by atoms with Crippen LogP contribution in [0.1, 0.15) is 39.0 Å². The van der Waals surface area contributed by atoms with E-state index in [1.54, 1.807) is 7.11 Å². The molecule has 0 spiro atoms. The maximum atomic E-state index is 5.11. The topological polar surface area (TPSA) is 24.5 Å². The van der Waals surface area contributed by atoms with E-state index in [0.717, 1.165) is 25.1 Å². The summed E-state index contributed by atoms with van der Waals surface area (Å²) in [4.78, 5) is 2.68. The normalized spacial score (nSPS) is 25.9. The molecule has 0 aromatic heterocycles. The molecule has 2 rings (SSSR count). The van der Waals surface area contributed by atoms with Crippen molar-refractivity contribution in [1.29, 1.82) is 0 Å². The molecule has 1 aliphatic carbocycles. The molecule has 94 valence electrons. The number of nitrogens with zero attached hydrogens (tertiary/aromatic N) is 1. The zero-order chi connectivity index (χ0) is 11.4. The minimum atomic E-state index is 0.595. The lowest BCUT2D eigenvalue weighted by Gasteiger charge is -2.34. The van der Waals surface area contributed by atoms with Crippen molar-refractivity contribution in [2.75, 3.05) is 26.8 Å². The van der Waals surface area contributed by atoms with Crippen LogP contribution in [0, 0.1) is 0 Å². The van der Waals surface area contributed by atoms with Gasteiger partial charge >= 0.3 is 0 Å². The molecule has 1 saturated heterocycles. The zero-order valence-corrected chi connectivity index (χ0v) is 10.7. The minimum Gasteiger partial charge on any atom is -0.385 e. The number of rotatable bonds is 6. The first-order chi connectivity index (χ1) is 7.79. The van der Waals surface area contributed by atoms with Crippen LogP contribution in [-0.4, -0.2) is 49.8 Å². The van der Waals surface area contributed by atoms with Crippen LogP contribution in [0.4, 0.5) is 0 Å². The van der Waals surface area contributed by atoms with E-state index < -0.39 is 0 Å². The van der Waals surface area contributed by atoms with Crippen LogP contribution in [0.25, 0.3) is 0 Å². The first-order valence-corrected chi connectivity index (χ1v) is 6.78. The highest BCUT2D eigenvalue weighted by Crippen LogP contribution is 2.29. The summed E-state index contributed by atoms with van der Waals surface area (Å²) in [6, 6.07) is 2.28. The predicted octanol–water partition coefficient (Wildman–Crippen LogP) is 1.63. The molecule has 1 heterocycles. The molecule has 1 atom stereocenters. The summed E-state index contributed by atoms with van der Waals surface area (Å²) in [5, 5.41) is 3.73. The average Bonchev–Trinajstić information content (AvgIpc) is 3.11. The second kappa shape index (κ2) is 5.99. The summed E-state index contributed by atoms with van der Waals surface area (Å²) in [5.41, 5.74) is 0. The van der Waals surface area contributed by atoms with Crippen LogP contribution in [0.15, 0.2) is 0 Å². The Bertz CT molecular complexity index is 198. The van der Waals surface area contributed by atoms with Crippen molar-refractivity contribution in [2.45, 2.75) is 57.2 Å². The van der Waals surface area contributed by atoms with E-state index in [2.05, 4.69) is 17.1 Å². The van der Waals surface area contributed by atoms with Gasteiger partial charge in [-0.15, -0.1) is 0 Å². The number of hydrogen-bond acceptors (Lipinski definition) is 3. The van der Waals surface area contributed by atoms with E-state index >= 15 is 0 Å². The number of nitrogens with one attached hydrogen (secondary N) is 1. The Kier molecular flexibility index (Phi) is 4.62. The smallest absolute Gasteiger partial charge is 0.0476 e. The van der Waals surface area contributed by atoms with Gasteiger partial charge in [0.15, 0.2) is 0 Å². The van der Waals surface area contributed by atoms with Gasteiger partial charge in [0.2, 0.25) is 0 Å². The molecule has 2 fully saturated rings. The molecular weight excluding hydrogens is 200 g/mol. The number of piperidine rings is 1. The summed E-state index contributed by atoms with van der Waals surface area (Å²) in [7, 11) is 1.78. The second-order valence-corrected chi connectivity index (χ2v) is 5.39. The summed E-state index contributed by atoms with van der Waals surface area (Å²) in [6.45, 7) is 5.75. The Morgan fingerprint density at radius 3 is 2.50 bits per heavy atom. The van der Waals surface area contributed by atoms with Gasteiger partial charge in [-0.05, 0) is 52.1 Å². The van der Waals surface area contributed by atoms with Crippen molar-refractivity contribution in [2.24, 2.45) is 0 Å². The third-order valence-electron chi connectivity index (χ3n) is 3.87. The lowest BCUT2D eigenvalue weighted by Crippen LogP contribution is -2.46. The highest BCUT2D eigenvalue weighted by Gasteiger charge is 2.31. The monoisotopic (exact) mass is 226 g/mol.